The minimum absolute atomic E-state index is 0.490. The Bertz CT molecular complexity index is 315. The first-order valence-corrected chi connectivity index (χ1v) is 6.64. The van der Waals surface area contributed by atoms with E-state index in [-0.39, 0.29) is 0 Å². The van der Waals surface area contributed by atoms with Crippen molar-refractivity contribution >= 4 is 15.9 Å². The van der Waals surface area contributed by atoms with Gasteiger partial charge in [0.15, 0.2) is 0 Å². The van der Waals surface area contributed by atoms with Crippen molar-refractivity contribution in [2.75, 3.05) is 20.1 Å². The van der Waals surface area contributed by atoms with Gasteiger partial charge in [-0.3, -0.25) is 4.90 Å². The topological polar surface area (TPSA) is 29.3 Å². The average molecular weight is 285 g/mol. The van der Waals surface area contributed by atoms with Crippen molar-refractivity contribution in [1.29, 1.82) is 0 Å². The largest absolute Gasteiger partial charge is 0.330 e. The monoisotopic (exact) mass is 284 g/mol. The molecule has 1 aromatic rings. The third kappa shape index (κ3) is 3.89. The molecule has 3 heteroatoms. The minimum Gasteiger partial charge on any atom is -0.330 e. The molecule has 1 unspecified atom stereocenters. The van der Waals surface area contributed by atoms with Crippen LogP contribution in [0.5, 0.6) is 0 Å². The quantitative estimate of drug-likeness (QED) is 0.869. The zero-order chi connectivity index (χ0) is 12.0. The summed E-state index contributed by atoms with van der Waals surface area (Å²) in [6, 6.07) is 9.05. The number of hydrogen-bond acceptors (Lipinski definition) is 2. The van der Waals surface area contributed by atoms with E-state index in [1.807, 2.05) is 0 Å². The fraction of sp³-hybridized carbons (Fsp3) is 0.538. The smallest absolute Gasteiger partial charge is 0.0342 e. The van der Waals surface area contributed by atoms with Gasteiger partial charge in [0.05, 0.1) is 0 Å². The van der Waals surface area contributed by atoms with Crippen LogP contribution < -0.4 is 5.73 Å². The van der Waals surface area contributed by atoms with E-state index in [4.69, 9.17) is 5.73 Å². The molecule has 0 heterocycles. The molecule has 0 aliphatic heterocycles. The number of nitrogens with zero attached hydrogens (tertiary/aromatic N) is 1. The van der Waals surface area contributed by atoms with Gasteiger partial charge in [-0.15, -0.1) is 0 Å². The molecule has 0 bridgehead atoms. The Labute approximate surface area is 107 Å². The van der Waals surface area contributed by atoms with Crippen molar-refractivity contribution in [3.05, 3.63) is 34.3 Å². The SMILES string of the molecule is CCC(c1cccc(Br)c1)N(C)CCCN. The number of rotatable bonds is 6. The normalized spacial score (nSPS) is 13.1. The molecular weight excluding hydrogens is 264 g/mol. The minimum atomic E-state index is 0.490. The third-order valence-corrected chi connectivity index (χ3v) is 3.36. The molecule has 0 fully saturated rings. The first kappa shape index (κ1) is 13.7. The second-order valence-corrected chi connectivity index (χ2v) is 5.02. The predicted molar refractivity (Wildman–Crippen MR) is 73.5 cm³/mol. The Hall–Kier alpha value is -0.380. The highest BCUT2D eigenvalue weighted by atomic mass is 79.9. The second-order valence-electron chi connectivity index (χ2n) is 4.10. The second kappa shape index (κ2) is 7.05. The summed E-state index contributed by atoms with van der Waals surface area (Å²) in [5.41, 5.74) is 6.92. The van der Waals surface area contributed by atoms with Crippen LogP contribution in [0.25, 0.3) is 0 Å². The summed E-state index contributed by atoms with van der Waals surface area (Å²) in [4.78, 5) is 2.38. The number of nitrogens with two attached hydrogens (primary N) is 1. The summed E-state index contributed by atoms with van der Waals surface area (Å²) >= 11 is 3.52. The van der Waals surface area contributed by atoms with Gasteiger partial charge in [0.1, 0.15) is 0 Å². The van der Waals surface area contributed by atoms with Crippen molar-refractivity contribution in [2.24, 2.45) is 5.73 Å². The van der Waals surface area contributed by atoms with E-state index in [2.05, 4.69) is 59.1 Å². The Balaban J connectivity index is 2.73. The van der Waals surface area contributed by atoms with E-state index < -0.39 is 0 Å². The van der Waals surface area contributed by atoms with Gasteiger partial charge < -0.3 is 5.73 Å². The molecule has 0 aliphatic rings. The van der Waals surface area contributed by atoms with Gasteiger partial charge in [-0.25, -0.2) is 0 Å². The van der Waals surface area contributed by atoms with Gasteiger partial charge in [-0.2, -0.15) is 0 Å². The van der Waals surface area contributed by atoms with Crippen LogP contribution in [0.1, 0.15) is 31.4 Å². The van der Waals surface area contributed by atoms with E-state index in [0.29, 0.717) is 6.04 Å². The average Bonchev–Trinajstić information content (AvgIpc) is 2.27. The van der Waals surface area contributed by atoms with E-state index >= 15 is 0 Å². The zero-order valence-electron chi connectivity index (χ0n) is 10.1. The van der Waals surface area contributed by atoms with E-state index in [1.165, 1.54) is 5.56 Å². The molecule has 1 aromatic carbocycles. The van der Waals surface area contributed by atoms with Crippen LogP contribution in [0, 0.1) is 0 Å². The lowest BCUT2D eigenvalue weighted by Crippen LogP contribution is -2.26. The molecule has 0 amide bonds. The Kier molecular flexibility index (Phi) is 6.03. The first-order valence-electron chi connectivity index (χ1n) is 5.84. The van der Waals surface area contributed by atoms with Gasteiger partial charge in [0.2, 0.25) is 0 Å². The van der Waals surface area contributed by atoms with Gasteiger partial charge in [0, 0.05) is 10.5 Å². The molecule has 0 aromatic heterocycles. The highest BCUT2D eigenvalue weighted by molar-refractivity contribution is 9.10. The number of hydrogen-bond donors (Lipinski definition) is 1. The fourth-order valence-corrected chi connectivity index (χ4v) is 2.43. The van der Waals surface area contributed by atoms with Crippen LogP contribution in [0.15, 0.2) is 28.7 Å². The van der Waals surface area contributed by atoms with Crippen LogP contribution in [-0.4, -0.2) is 25.0 Å². The Morgan fingerprint density at radius 3 is 2.75 bits per heavy atom. The molecule has 1 atom stereocenters. The third-order valence-electron chi connectivity index (χ3n) is 2.87. The fourth-order valence-electron chi connectivity index (χ4n) is 2.01. The predicted octanol–water partition coefficient (Wildman–Crippen LogP) is 3.18. The highest BCUT2D eigenvalue weighted by Crippen LogP contribution is 2.25. The molecule has 0 radical (unpaired) electrons. The molecule has 16 heavy (non-hydrogen) atoms. The van der Waals surface area contributed by atoms with Gasteiger partial charge in [-0.1, -0.05) is 35.0 Å². The lowest BCUT2D eigenvalue weighted by Gasteiger charge is -2.27. The van der Waals surface area contributed by atoms with Crippen molar-refractivity contribution in [2.45, 2.75) is 25.8 Å². The van der Waals surface area contributed by atoms with E-state index in [9.17, 15) is 0 Å². The summed E-state index contributed by atoms with van der Waals surface area (Å²) in [5, 5.41) is 0. The summed E-state index contributed by atoms with van der Waals surface area (Å²) in [5.74, 6) is 0. The molecule has 0 spiro atoms. The van der Waals surface area contributed by atoms with Crippen LogP contribution in [0.4, 0.5) is 0 Å². The summed E-state index contributed by atoms with van der Waals surface area (Å²) in [7, 11) is 2.17. The molecule has 2 nitrogen and oxygen atoms in total. The van der Waals surface area contributed by atoms with Crippen LogP contribution in [-0.2, 0) is 0 Å². The molecular formula is C13H21BrN2. The van der Waals surface area contributed by atoms with Crippen molar-refractivity contribution in [1.82, 2.24) is 4.90 Å². The van der Waals surface area contributed by atoms with Crippen LogP contribution in [0.3, 0.4) is 0 Å². The van der Waals surface area contributed by atoms with Crippen molar-refractivity contribution in [3.8, 4) is 0 Å². The standard InChI is InChI=1S/C13H21BrN2/c1-3-13(16(2)9-5-8-15)11-6-4-7-12(14)10-11/h4,6-7,10,13H,3,5,8-9,15H2,1-2H3. The number of benzene rings is 1. The zero-order valence-corrected chi connectivity index (χ0v) is 11.7. The summed E-state index contributed by atoms with van der Waals surface area (Å²) in [6.07, 6.45) is 2.18. The maximum absolute atomic E-state index is 5.55. The Morgan fingerprint density at radius 1 is 1.44 bits per heavy atom. The molecule has 90 valence electrons. The van der Waals surface area contributed by atoms with Gasteiger partial charge in [-0.05, 0) is 50.7 Å². The first-order chi connectivity index (χ1) is 7.69. The molecule has 2 N–H and O–H groups in total. The highest BCUT2D eigenvalue weighted by Gasteiger charge is 2.14. The maximum atomic E-state index is 5.55. The Morgan fingerprint density at radius 2 is 2.19 bits per heavy atom. The summed E-state index contributed by atoms with van der Waals surface area (Å²) < 4.78 is 1.15. The lowest BCUT2D eigenvalue weighted by molar-refractivity contribution is 0.237. The molecule has 0 aliphatic carbocycles. The summed E-state index contributed by atoms with van der Waals surface area (Å²) in [6.45, 7) is 4.05. The number of halogens is 1. The molecule has 0 saturated carbocycles. The van der Waals surface area contributed by atoms with E-state index in [1.54, 1.807) is 0 Å². The van der Waals surface area contributed by atoms with Gasteiger partial charge in [0.25, 0.3) is 0 Å². The van der Waals surface area contributed by atoms with Gasteiger partial charge >= 0.3 is 0 Å². The van der Waals surface area contributed by atoms with Crippen LogP contribution >= 0.6 is 15.9 Å². The maximum Gasteiger partial charge on any atom is 0.0342 e. The molecule has 0 saturated heterocycles. The van der Waals surface area contributed by atoms with Crippen molar-refractivity contribution < 1.29 is 0 Å². The lowest BCUT2D eigenvalue weighted by atomic mass is 10.0. The van der Waals surface area contributed by atoms with E-state index in [0.717, 1.165) is 30.4 Å². The van der Waals surface area contributed by atoms with Crippen molar-refractivity contribution in [3.63, 3.8) is 0 Å². The molecule has 1 rings (SSSR count). The van der Waals surface area contributed by atoms with Crippen LogP contribution in [0.2, 0.25) is 0 Å².